The molecule has 0 bridgehead atoms. The Kier molecular flexibility index (Phi) is 6.93. The third-order valence-electron chi connectivity index (χ3n) is 2.71. The van der Waals surface area contributed by atoms with Crippen LogP contribution in [0.1, 0.15) is 26.7 Å². The molecule has 0 saturated carbocycles. The first kappa shape index (κ1) is 14.8. The molecule has 4 heteroatoms. The highest BCUT2D eigenvalue weighted by Gasteiger charge is 2.03. The van der Waals surface area contributed by atoms with Crippen LogP contribution in [0, 0.1) is 0 Å². The molecule has 0 heterocycles. The molecule has 1 aromatic carbocycles. The number of nitrogens with two attached hydrogens (primary N) is 1. The molecular formula is C13H20BrClNO+. The molecule has 0 spiro atoms. The molecule has 2 nitrogen and oxygen atoms in total. The number of ether oxygens (including phenoxy) is 1. The summed E-state index contributed by atoms with van der Waals surface area (Å²) in [6.07, 6.45) is 2.25. The van der Waals surface area contributed by atoms with Crippen LogP contribution in [0.15, 0.2) is 22.7 Å². The van der Waals surface area contributed by atoms with E-state index in [0.717, 1.165) is 23.2 Å². The van der Waals surface area contributed by atoms with Crippen LogP contribution in [0.3, 0.4) is 0 Å². The van der Waals surface area contributed by atoms with Gasteiger partial charge in [0.15, 0.2) is 0 Å². The van der Waals surface area contributed by atoms with Crippen LogP contribution >= 0.6 is 27.5 Å². The van der Waals surface area contributed by atoms with Crippen LogP contribution in [0.4, 0.5) is 0 Å². The molecule has 1 atom stereocenters. The molecule has 0 amide bonds. The van der Waals surface area contributed by atoms with Crippen molar-refractivity contribution in [1.82, 2.24) is 0 Å². The van der Waals surface area contributed by atoms with Crippen molar-refractivity contribution in [2.45, 2.75) is 32.7 Å². The van der Waals surface area contributed by atoms with Gasteiger partial charge in [0.2, 0.25) is 0 Å². The second kappa shape index (κ2) is 7.96. The molecule has 0 fully saturated rings. The third kappa shape index (κ3) is 5.75. The number of hydrogen-bond donors (Lipinski definition) is 1. The summed E-state index contributed by atoms with van der Waals surface area (Å²) in [4.78, 5) is 0. The van der Waals surface area contributed by atoms with Gasteiger partial charge in [-0.05, 0) is 31.5 Å². The summed E-state index contributed by atoms with van der Waals surface area (Å²) >= 11 is 9.42. The van der Waals surface area contributed by atoms with Gasteiger partial charge in [0, 0.05) is 10.9 Å². The number of halogens is 2. The van der Waals surface area contributed by atoms with E-state index in [0.29, 0.717) is 17.7 Å². The molecule has 96 valence electrons. The zero-order valence-electron chi connectivity index (χ0n) is 10.4. The zero-order chi connectivity index (χ0) is 12.7. The van der Waals surface area contributed by atoms with Gasteiger partial charge in [0.05, 0.1) is 24.2 Å². The fourth-order valence-corrected chi connectivity index (χ4v) is 2.15. The maximum Gasteiger partial charge on any atom is 0.137 e. The summed E-state index contributed by atoms with van der Waals surface area (Å²) in [7, 11) is 0. The number of rotatable bonds is 7. The first-order valence-corrected chi connectivity index (χ1v) is 7.21. The molecule has 0 radical (unpaired) electrons. The van der Waals surface area contributed by atoms with Crippen molar-refractivity contribution in [3.8, 4) is 5.75 Å². The molecule has 0 aliphatic heterocycles. The Balaban J connectivity index is 2.22. The van der Waals surface area contributed by atoms with Crippen molar-refractivity contribution in [2.75, 3.05) is 13.2 Å². The molecule has 1 aromatic rings. The summed E-state index contributed by atoms with van der Waals surface area (Å²) in [5, 5.41) is 3.01. The Morgan fingerprint density at radius 1 is 1.47 bits per heavy atom. The van der Waals surface area contributed by atoms with E-state index in [1.807, 2.05) is 18.2 Å². The zero-order valence-corrected chi connectivity index (χ0v) is 12.7. The van der Waals surface area contributed by atoms with Gasteiger partial charge in [-0.3, -0.25) is 0 Å². The summed E-state index contributed by atoms with van der Waals surface area (Å²) in [6.45, 7) is 6.27. The summed E-state index contributed by atoms with van der Waals surface area (Å²) < 4.78 is 6.61. The minimum atomic E-state index is 0.658. The lowest BCUT2D eigenvalue weighted by molar-refractivity contribution is -0.686. The first-order valence-electron chi connectivity index (χ1n) is 6.04. The van der Waals surface area contributed by atoms with Crippen LogP contribution in [-0.4, -0.2) is 19.2 Å². The van der Waals surface area contributed by atoms with E-state index in [2.05, 4.69) is 35.1 Å². The Morgan fingerprint density at radius 3 is 2.88 bits per heavy atom. The SMILES string of the molecule is CC[C@H](C)[NH2+]CCCOc1ccc(Br)cc1Cl. The summed E-state index contributed by atoms with van der Waals surface area (Å²) in [5.41, 5.74) is 0. The normalized spacial score (nSPS) is 12.5. The van der Waals surface area contributed by atoms with Gasteiger partial charge in [-0.25, -0.2) is 0 Å². The second-order valence-corrected chi connectivity index (χ2v) is 5.51. The smallest absolute Gasteiger partial charge is 0.137 e. The van der Waals surface area contributed by atoms with Crippen LogP contribution < -0.4 is 10.1 Å². The lowest BCUT2D eigenvalue weighted by Gasteiger charge is -2.10. The highest BCUT2D eigenvalue weighted by molar-refractivity contribution is 9.10. The van der Waals surface area contributed by atoms with Gasteiger partial charge in [-0.15, -0.1) is 0 Å². The topological polar surface area (TPSA) is 25.8 Å². The van der Waals surface area contributed by atoms with Crippen LogP contribution in [-0.2, 0) is 0 Å². The molecule has 17 heavy (non-hydrogen) atoms. The summed E-state index contributed by atoms with van der Waals surface area (Å²) in [5.74, 6) is 0.762. The van der Waals surface area contributed by atoms with Crippen molar-refractivity contribution in [3.63, 3.8) is 0 Å². The molecule has 0 saturated heterocycles. The second-order valence-electron chi connectivity index (χ2n) is 4.19. The van der Waals surface area contributed by atoms with E-state index in [1.165, 1.54) is 6.42 Å². The summed E-state index contributed by atoms with van der Waals surface area (Å²) in [6, 6.07) is 6.38. The van der Waals surface area contributed by atoms with E-state index in [9.17, 15) is 0 Å². The first-order chi connectivity index (χ1) is 8.13. The largest absolute Gasteiger partial charge is 0.492 e. The maximum absolute atomic E-state index is 6.05. The van der Waals surface area contributed by atoms with E-state index >= 15 is 0 Å². The van der Waals surface area contributed by atoms with Crippen molar-refractivity contribution < 1.29 is 10.1 Å². The van der Waals surface area contributed by atoms with Crippen molar-refractivity contribution >= 4 is 27.5 Å². The predicted octanol–water partition coefficient (Wildman–Crippen LogP) is 3.23. The molecule has 0 aromatic heterocycles. The van der Waals surface area contributed by atoms with Crippen molar-refractivity contribution in [3.05, 3.63) is 27.7 Å². The van der Waals surface area contributed by atoms with E-state index < -0.39 is 0 Å². The fourth-order valence-electron chi connectivity index (χ4n) is 1.43. The van der Waals surface area contributed by atoms with Crippen molar-refractivity contribution in [2.24, 2.45) is 0 Å². The van der Waals surface area contributed by atoms with E-state index in [4.69, 9.17) is 16.3 Å². The van der Waals surface area contributed by atoms with Crippen LogP contribution in [0.2, 0.25) is 5.02 Å². The van der Waals surface area contributed by atoms with Crippen molar-refractivity contribution in [1.29, 1.82) is 0 Å². The van der Waals surface area contributed by atoms with Crippen LogP contribution in [0.5, 0.6) is 5.75 Å². The lowest BCUT2D eigenvalue weighted by atomic mass is 10.2. The Hall–Kier alpha value is -0.250. The van der Waals surface area contributed by atoms with Gasteiger partial charge in [0.25, 0.3) is 0 Å². The van der Waals surface area contributed by atoms with E-state index in [1.54, 1.807) is 0 Å². The predicted molar refractivity (Wildman–Crippen MR) is 75.8 cm³/mol. The van der Waals surface area contributed by atoms with Crippen LogP contribution in [0.25, 0.3) is 0 Å². The lowest BCUT2D eigenvalue weighted by Crippen LogP contribution is -2.89. The van der Waals surface area contributed by atoms with Gasteiger partial charge in [0.1, 0.15) is 5.75 Å². The molecule has 2 N–H and O–H groups in total. The number of hydrogen-bond acceptors (Lipinski definition) is 1. The Morgan fingerprint density at radius 2 is 2.24 bits per heavy atom. The Bertz CT molecular complexity index is 346. The van der Waals surface area contributed by atoms with Gasteiger partial charge >= 0.3 is 0 Å². The minimum absolute atomic E-state index is 0.658. The highest BCUT2D eigenvalue weighted by atomic mass is 79.9. The molecular weight excluding hydrogens is 302 g/mol. The third-order valence-corrected chi connectivity index (χ3v) is 3.50. The molecule has 1 rings (SSSR count). The fraction of sp³-hybridized carbons (Fsp3) is 0.538. The standard InChI is InChI=1S/C13H19BrClNO/c1-3-10(2)16-7-4-8-17-13-6-5-11(14)9-12(13)15/h5-6,9-10,16H,3-4,7-8H2,1-2H3/p+1/t10-/m0/s1. The molecule has 0 aliphatic carbocycles. The Labute approximate surface area is 117 Å². The van der Waals surface area contributed by atoms with E-state index in [-0.39, 0.29) is 0 Å². The molecule has 0 unspecified atom stereocenters. The van der Waals surface area contributed by atoms with Gasteiger partial charge < -0.3 is 10.1 Å². The van der Waals surface area contributed by atoms with Gasteiger partial charge in [-0.1, -0.05) is 34.5 Å². The highest BCUT2D eigenvalue weighted by Crippen LogP contribution is 2.27. The maximum atomic E-state index is 6.05. The molecule has 0 aliphatic rings. The average Bonchev–Trinajstić information content (AvgIpc) is 2.30. The van der Waals surface area contributed by atoms with Gasteiger partial charge in [-0.2, -0.15) is 0 Å². The number of benzene rings is 1. The number of quaternary nitrogens is 1. The quantitative estimate of drug-likeness (QED) is 0.767. The monoisotopic (exact) mass is 320 g/mol. The minimum Gasteiger partial charge on any atom is -0.492 e. The average molecular weight is 322 g/mol.